The third kappa shape index (κ3) is 5.84. The Bertz CT molecular complexity index is 808. The van der Waals surface area contributed by atoms with E-state index < -0.39 is 0 Å². The van der Waals surface area contributed by atoms with Crippen LogP contribution in [-0.4, -0.2) is 71.9 Å². The first-order chi connectivity index (χ1) is 14.0. The van der Waals surface area contributed by atoms with E-state index in [0.29, 0.717) is 18.5 Å². The van der Waals surface area contributed by atoms with Crippen LogP contribution in [0.3, 0.4) is 0 Å². The Morgan fingerprint density at radius 2 is 2.03 bits per heavy atom. The molecule has 30 heavy (non-hydrogen) atoms. The van der Waals surface area contributed by atoms with Crippen LogP contribution in [0.5, 0.6) is 5.75 Å². The van der Waals surface area contributed by atoms with Crippen LogP contribution in [0.15, 0.2) is 35.6 Å². The molecule has 9 heteroatoms. The van der Waals surface area contributed by atoms with E-state index in [2.05, 4.69) is 61.5 Å². The fraction of sp³-hybridized carbons (Fsp3) is 0.571. The number of likely N-dealkylation sites (tertiary alicyclic amines) is 1. The van der Waals surface area contributed by atoms with Crippen LogP contribution < -0.4 is 10.1 Å². The van der Waals surface area contributed by atoms with Gasteiger partial charge in [0, 0.05) is 33.7 Å². The summed E-state index contributed by atoms with van der Waals surface area (Å²) in [6, 6.07) is 8.86. The molecule has 1 aliphatic rings. The Morgan fingerprint density at radius 1 is 1.30 bits per heavy atom. The number of aliphatic imine (C=N–C) groups is 1. The predicted molar refractivity (Wildman–Crippen MR) is 130 cm³/mol. The van der Waals surface area contributed by atoms with Gasteiger partial charge in [0.1, 0.15) is 17.9 Å². The van der Waals surface area contributed by atoms with E-state index in [1.54, 1.807) is 18.1 Å². The molecule has 0 bridgehead atoms. The first-order valence-corrected chi connectivity index (χ1v) is 10.1. The molecule has 1 saturated heterocycles. The van der Waals surface area contributed by atoms with Crippen molar-refractivity contribution in [2.24, 2.45) is 18.0 Å². The number of aromatic nitrogens is 3. The summed E-state index contributed by atoms with van der Waals surface area (Å²) in [5, 5.41) is 7.72. The van der Waals surface area contributed by atoms with Crippen LogP contribution >= 0.6 is 24.0 Å². The molecule has 8 nitrogen and oxygen atoms in total. The zero-order valence-corrected chi connectivity index (χ0v) is 20.9. The maximum atomic E-state index is 5.32. The number of halogens is 1. The molecule has 0 amide bonds. The summed E-state index contributed by atoms with van der Waals surface area (Å²) in [4.78, 5) is 13.3. The van der Waals surface area contributed by atoms with Gasteiger partial charge in [-0.1, -0.05) is 12.1 Å². The molecule has 1 aromatic carbocycles. The number of hydrogen-bond acceptors (Lipinski definition) is 5. The summed E-state index contributed by atoms with van der Waals surface area (Å²) >= 11 is 0. The van der Waals surface area contributed by atoms with E-state index in [-0.39, 0.29) is 24.0 Å². The number of hydrogen-bond donors (Lipinski definition) is 1. The molecule has 3 rings (SSSR count). The quantitative estimate of drug-likeness (QED) is 0.354. The summed E-state index contributed by atoms with van der Waals surface area (Å²) in [5.74, 6) is 3.17. The molecule has 2 unspecified atom stereocenters. The normalized spacial score (nSPS) is 19.8. The van der Waals surface area contributed by atoms with E-state index in [1.165, 1.54) is 18.4 Å². The summed E-state index contributed by atoms with van der Waals surface area (Å²) in [6.45, 7) is 2.65. The van der Waals surface area contributed by atoms with Crippen molar-refractivity contribution in [2.45, 2.75) is 25.4 Å². The number of methoxy groups -OCH3 is 1. The minimum absolute atomic E-state index is 0. The largest absolute Gasteiger partial charge is 0.497 e. The van der Waals surface area contributed by atoms with Crippen molar-refractivity contribution in [1.29, 1.82) is 0 Å². The molecule has 1 aromatic heterocycles. The summed E-state index contributed by atoms with van der Waals surface area (Å²) in [7, 11) is 9.68. The Morgan fingerprint density at radius 3 is 2.63 bits per heavy atom. The molecular formula is C21H34IN7O. The smallest absolute Gasteiger partial charge is 0.193 e. The molecule has 0 radical (unpaired) electrons. The van der Waals surface area contributed by atoms with Gasteiger partial charge < -0.3 is 15.0 Å². The van der Waals surface area contributed by atoms with Gasteiger partial charge in [-0.15, -0.1) is 24.0 Å². The van der Waals surface area contributed by atoms with Crippen molar-refractivity contribution in [3.8, 4) is 5.75 Å². The van der Waals surface area contributed by atoms with Gasteiger partial charge in [-0.2, -0.15) is 5.10 Å². The van der Waals surface area contributed by atoms with Gasteiger partial charge in [0.25, 0.3) is 0 Å². The van der Waals surface area contributed by atoms with E-state index >= 15 is 0 Å². The first-order valence-electron chi connectivity index (χ1n) is 10.1. The molecular weight excluding hydrogens is 493 g/mol. The highest BCUT2D eigenvalue weighted by molar-refractivity contribution is 14.0. The van der Waals surface area contributed by atoms with Crippen LogP contribution in [0.1, 0.15) is 30.3 Å². The predicted octanol–water partition coefficient (Wildman–Crippen LogP) is 2.53. The van der Waals surface area contributed by atoms with E-state index in [0.717, 1.165) is 30.6 Å². The van der Waals surface area contributed by atoms with Crippen molar-refractivity contribution < 1.29 is 4.74 Å². The minimum atomic E-state index is 0. The van der Waals surface area contributed by atoms with Crippen LogP contribution in [0, 0.1) is 5.92 Å². The molecule has 0 saturated carbocycles. The van der Waals surface area contributed by atoms with E-state index in [9.17, 15) is 0 Å². The maximum absolute atomic E-state index is 5.32. The lowest BCUT2D eigenvalue weighted by molar-refractivity contribution is 0.122. The minimum Gasteiger partial charge on any atom is -0.497 e. The topological polar surface area (TPSA) is 70.8 Å². The number of rotatable bonds is 6. The van der Waals surface area contributed by atoms with Crippen molar-refractivity contribution in [2.75, 3.05) is 41.3 Å². The molecule has 2 aromatic rings. The van der Waals surface area contributed by atoms with Gasteiger partial charge >= 0.3 is 0 Å². The van der Waals surface area contributed by atoms with Crippen molar-refractivity contribution in [3.05, 3.63) is 42.0 Å². The summed E-state index contributed by atoms with van der Waals surface area (Å²) < 4.78 is 7.11. The fourth-order valence-corrected chi connectivity index (χ4v) is 4.16. The van der Waals surface area contributed by atoms with Crippen molar-refractivity contribution in [3.63, 3.8) is 0 Å². The zero-order valence-electron chi connectivity index (χ0n) is 18.6. The van der Waals surface area contributed by atoms with Gasteiger partial charge in [0.2, 0.25) is 0 Å². The highest BCUT2D eigenvalue weighted by Gasteiger charge is 2.30. The molecule has 2 heterocycles. The Balaban J connectivity index is 0.00000320. The number of nitrogens with one attached hydrogen (secondary N) is 1. The van der Waals surface area contributed by atoms with E-state index in [1.807, 2.05) is 21.1 Å². The molecule has 0 spiro atoms. The van der Waals surface area contributed by atoms with Crippen LogP contribution in [0.4, 0.5) is 0 Å². The molecule has 1 aliphatic heterocycles. The highest BCUT2D eigenvalue weighted by atomic mass is 127. The standard InChI is InChI=1S/C21H33N7O.HI/c1-22-21(27(3)14-19-24-15-25-28(19)4)23-13-17-7-6-12-26(2)20(17)16-8-10-18(29-5)11-9-16;/h8-11,15,17,20H,6-7,12-14H2,1-5H3,(H,22,23);1H. The van der Waals surface area contributed by atoms with Gasteiger partial charge in [-0.25, -0.2) is 4.98 Å². The van der Waals surface area contributed by atoms with Crippen LogP contribution in [-0.2, 0) is 13.6 Å². The van der Waals surface area contributed by atoms with Gasteiger partial charge in [-0.05, 0) is 50.0 Å². The monoisotopic (exact) mass is 527 g/mol. The second kappa shape index (κ2) is 11.5. The fourth-order valence-electron chi connectivity index (χ4n) is 4.16. The average Bonchev–Trinajstić information content (AvgIpc) is 3.13. The van der Waals surface area contributed by atoms with Crippen molar-refractivity contribution >= 4 is 29.9 Å². The third-order valence-electron chi connectivity index (χ3n) is 5.74. The maximum Gasteiger partial charge on any atom is 0.193 e. The van der Waals surface area contributed by atoms with Gasteiger partial charge in [0.15, 0.2) is 5.96 Å². The Hall–Kier alpha value is -1.88. The molecule has 1 fully saturated rings. The lowest BCUT2D eigenvalue weighted by atomic mass is 9.85. The second-order valence-electron chi connectivity index (χ2n) is 7.68. The van der Waals surface area contributed by atoms with E-state index in [4.69, 9.17) is 4.74 Å². The lowest BCUT2D eigenvalue weighted by Gasteiger charge is -2.40. The number of benzene rings is 1. The summed E-state index contributed by atoms with van der Waals surface area (Å²) in [6.07, 6.45) is 3.98. The number of aryl methyl sites for hydroxylation is 1. The van der Waals surface area contributed by atoms with Gasteiger partial charge in [-0.3, -0.25) is 14.6 Å². The average molecular weight is 527 g/mol. The zero-order chi connectivity index (χ0) is 20.8. The van der Waals surface area contributed by atoms with Crippen LogP contribution in [0.2, 0.25) is 0 Å². The van der Waals surface area contributed by atoms with Gasteiger partial charge in [0.05, 0.1) is 13.7 Å². The molecule has 2 atom stereocenters. The number of piperidine rings is 1. The number of guanidine groups is 1. The Kier molecular flexibility index (Phi) is 9.35. The number of nitrogens with zero attached hydrogens (tertiary/aromatic N) is 6. The highest BCUT2D eigenvalue weighted by Crippen LogP contribution is 2.35. The first kappa shape index (κ1) is 24.4. The summed E-state index contributed by atoms with van der Waals surface area (Å²) in [5.41, 5.74) is 1.34. The molecule has 166 valence electrons. The SMILES string of the molecule is CN=C(NCC1CCCN(C)C1c1ccc(OC)cc1)N(C)Cc1ncnn1C.I. The Labute approximate surface area is 196 Å². The van der Waals surface area contributed by atoms with Crippen LogP contribution in [0.25, 0.3) is 0 Å². The number of ether oxygens (including phenoxy) is 1. The van der Waals surface area contributed by atoms with Crippen molar-refractivity contribution in [1.82, 2.24) is 29.9 Å². The lowest BCUT2D eigenvalue weighted by Crippen LogP contribution is -2.45. The molecule has 0 aliphatic carbocycles. The third-order valence-corrected chi connectivity index (χ3v) is 5.74. The second-order valence-corrected chi connectivity index (χ2v) is 7.68. The molecule has 1 N–H and O–H groups in total.